The largest absolute Gasteiger partial charge is 0.382 e. The predicted molar refractivity (Wildman–Crippen MR) is 122 cm³/mol. The Kier molecular flexibility index (Phi) is 8.05. The number of nitrogens with zero attached hydrogens (tertiary/aromatic N) is 4. The van der Waals surface area contributed by atoms with Crippen molar-refractivity contribution >= 4 is 11.8 Å². The molecule has 0 aliphatic heterocycles. The molecule has 0 atom stereocenters. The first-order valence-electron chi connectivity index (χ1n) is 10.8. The lowest BCUT2D eigenvalue weighted by atomic mass is 9.97. The van der Waals surface area contributed by atoms with Gasteiger partial charge >= 0.3 is 0 Å². The fourth-order valence-corrected chi connectivity index (χ4v) is 3.71. The van der Waals surface area contributed by atoms with E-state index >= 15 is 0 Å². The van der Waals surface area contributed by atoms with Crippen molar-refractivity contribution in [2.75, 3.05) is 25.9 Å². The van der Waals surface area contributed by atoms with E-state index in [0.717, 1.165) is 25.3 Å². The third kappa shape index (κ3) is 6.07. The van der Waals surface area contributed by atoms with Crippen LogP contribution in [0.15, 0.2) is 40.9 Å². The molecule has 0 fully saturated rings. The van der Waals surface area contributed by atoms with Gasteiger partial charge in [0, 0.05) is 20.1 Å². The molecule has 3 rings (SSSR count). The normalized spacial score (nSPS) is 14.1. The van der Waals surface area contributed by atoms with Crippen LogP contribution >= 0.6 is 0 Å². The zero-order valence-corrected chi connectivity index (χ0v) is 18.0. The molecule has 8 heteroatoms. The number of anilines is 1. The molecule has 1 aromatic carbocycles. The smallest absolute Gasteiger partial charge is 0.190 e. The molecular weight excluding hydrogens is 393 g/mol. The van der Waals surface area contributed by atoms with Crippen LogP contribution in [-0.4, -0.2) is 35.9 Å². The van der Waals surface area contributed by atoms with E-state index in [4.69, 9.17) is 5.73 Å². The second-order valence-corrected chi connectivity index (χ2v) is 7.59. The van der Waals surface area contributed by atoms with Crippen LogP contribution in [0.1, 0.15) is 49.8 Å². The average molecular weight is 424 g/mol. The van der Waals surface area contributed by atoms with Crippen LogP contribution in [0.25, 0.3) is 5.69 Å². The fraction of sp³-hybridized carbons (Fsp3) is 0.435. The first kappa shape index (κ1) is 22.3. The van der Waals surface area contributed by atoms with Crippen LogP contribution in [0.3, 0.4) is 0 Å². The number of aliphatic imine (C=N–C) groups is 1. The maximum absolute atomic E-state index is 13.2. The molecule has 31 heavy (non-hydrogen) atoms. The molecule has 0 amide bonds. The van der Waals surface area contributed by atoms with Gasteiger partial charge in [-0.05, 0) is 69.2 Å². The lowest BCUT2D eigenvalue weighted by Gasteiger charge is -2.15. The summed E-state index contributed by atoms with van der Waals surface area (Å²) in [6, 6.07) is 8.00. The quantitative estimate of drug-likeness (QED) is 0.261. The van der Waals surface area contributed by atoms with Crippen molar-refractivity contribution < 1.29 is 4.39 Å². The van der Waals surface area contributed by atoms with Gasteiger partial charge in [0.05, 0.1) is 11.4 Å². The molecule has 0 bridgehead atoms. The van der Waals surface area contributed by atoms with Crippen LogP contribution in [0.2, 0.25) is 0 Å². The highest BCUT2D eigenvalue weighted by Gasteiger charge is 2.16. The minimum atomic E-state index is -0.334. The fourth-order valence-electron chi connectivity index (χ4n) is 3.71. The van der Waals surface area contributed by atoms with Crippen molar-refractivity contribution in [2.24, 2.45) is 4.99 Å². The van der Waals surface area contributed by atoms with Gasteiger partial charge < -0.3 is 16.4 Å². The molecule has 1 aliphatic rings. The average Bonchev–Trinajstić information content (AvgIpc) is 3.11. The highest BCUT2D eigenvalue weighted by atomic mass is 19.1. The topological polar surface area (TPSA) is 104 Å². The number of rotatable bonds is 8. The van der Waals surface area contributed by atoms with E-state index in [-0.39, 0.29) is 11.6 Å². The number of hydrogen-bond acceptors (Lipinski definition) is 4. The summed E-state index contributed by atoms with van der Waals surface area (Å²) in [5.74, 6) is 0.707. The van der Waals surface area contributed by atoms with Crippen LogP contribution in [0.4, 0.5) is 10.2 Å². The number of benzene rings is 1. The van der Waals surface area contributed by atoms with Crippen LogP contribution in [-0.2, 0) is 6.42 Å². The molecule has 0 spiro atoms. The SMILES string of the molecule is CN=C(NCCCc1nn(-c2ccc(F)cc2)c(N)c1C#N)NCCC1=CCCCC1. The summed E-state index contributed by atoms with van der Waals surface area (Å²) in [6.07, 6.45) is 9.79. The lowest BCUT2D eigenvalue weighted by Crippen LogP contribution is -2.38. The lowest BCUT2D eigenvalue weighted by molar-refractivity contribution is 0.627. The monoisotopic (exact) mass is 423 g/mol. The minimum Gasteiger partial charge on any atom is -0.382 e. The Balaban J connectivity index is 1.49. The number of aryl methyl sites for hydroxylation is 1. The number of allylic oxidation sites excluding steroid dienone is 1. The van der Waals surface area contributed by atoms with E-state index < -0.39 is 0 Å². The standard InChI is InChI=1S/C23H30FN7/c1-27-23(29-15-13-17-6-3-2-4-7-17)28-14-5-8-21-20(16-25)22(26)31(30-21)19-11-9-18(24)10-12-19/h6,9-12H,2-5,7-8,13-15,26H2,1H3,(H2,27,28,29). The van der Waals surface area contributed by atoms with Crippen LogP contribution in [0, 0.1) is 17.1 Å². The first-order chi connectivity index (χ1) is 15.1. The Morgan fingerprint density at radius 1 is 1.23 bits per heavy atom. The first-order valence-corrected chi connectivity index (χ1v) is 10.8. The molecule has 0 saturated heterocycles. The maximum Gasteiger partial charge on any atom is 0.190 e. The molecule has 4 N–H and O–H groups in total. The number of halogens is 1. The highest BCUT2D eigenvalue weighted by molar-refractivity contribution is 5.79. The summed E-state index contributed by atoms with van der Waals surface area (Å²) < 4.78 is 14.7. The summed E-state index contributed by atoms with van der Waals surface area (Å²) in [7, 11) is 1.76. The predicted octanol–water partition coefficient (Wildman–Crippen LogP) is 3.45. The number of nitrogens with one attached hydrogen (secondary N) is 2. The molecule has 1 heterocycles. The number of hydrogen-bond donors (Lipinski definition) is 3. The van der Waals surface area contributed by atoms with E-state index in [1.54, 1.807) is 19.2 Å². The second kappa shape index (κ2) is 11.2. The third-order valence-corrected chi connectivity index (χ3v) is 5.41. The Bertz CT molecular complexity index is 967. The maximum atomic E-state index is 13.2. The summed E-state index contributed by atoms with van der Waals surface area (Å²) in [5.41, 5.74) is 9.27. The molecule has 0 radical (unpaired) electrons. The molecule has 1 aromatic heterocycles. The van der Waals surface area contributed by atoms with Gasteiger partial charge in [-0.1, -0.05) is 11.6 Å². The van der Waals surface area contributed by atoms with E-state index in [9.17, 15) is 9.65 Å². The van der Waals surface area contributed by atoms with Crippen LogP contribution in [0.5, 0.6) is 0 Å². The van der Waals surface area contributed by atoms with Crippen molar-refractivity contribution in [1.82, 2.24) is 20.4 Å². The van der Waals surface area contributed by atoms with E-state index in [0.29, 0.717) is 29.9 Å². The van der Waals surface area contributed by atoms with Gasteiger partial charge in [-0.2, -0.15) is 10.4 Å². The van der Waals surface area contributed by atoms with E-state index in [2.05, 4.69) is 32.9 Å². The van der Waals surface area contributed by atoms with Gasteiger partial charge in [0.2, 0.25) is 0 Å². The summed E-state index contributed by atoms with van der Waals surface area (Å²) >= 11 is 0. The van der Waals surface area contributed by atoms with Gasteiger partial charge in [0.1, 0.15) is 23.3 Å². The summed E-state index contributed by atoms with van der Waals surface area (Å²) in [4.78, 5) is 4.27. The Morgan fingerprint density at radius 3 is 2.68 bits per heavy atom. The van der Waals surface area contributed by atoms with Gasteiger partial charge in [0.15, 0.2) is 5.96 Å². The minimum absolute atomic E-state index is 0.270. The molecule has 1 aliphatic carbocycles. The third-order valence-electron chi connectivity index (χ3n) is 5.41. The van der Waals surface area contributed by atoms with E-state index in [1.807, 2.05) is 0 Å². The number of nitrogen functional groups attached to an aromatic ring is 1. The zero-order chi connectivity index (χ0) is 22.1. The van der Waals surface area contributed by atoms with Crippen molar-refractivity contribution in [3.05, 3.63) is 53.0 Å². The Morgan fingerprint density at radius 2 is 2.00 bits per heavy atom. The van der Waals surface area contributed by atoms with Crippen molar-refractivity contribution in [3.63, 3.8) is 0 Å². The molecule has 7 nitrogen and oxygen atoms in total. The van der Waals surface area contributed by atoms with E-state index in [1.165, 1.54) is 48.1 Å². The van der Waals surface area contributed by atoms with Gasteiger partial charge in [-0.3, -0.25) is 4.99 Å². The molecule has 2 aromatic rings. The van der Waals surface area contributed by atoms with Crippen molar-refractivity contribution in [3.8, 4) is 11.8 Å². The Hall–Kier alpha value is -3.34. The van der Waals surface area contributed by atoms with Gasteiger partial charge in [-0.25, -0.2) is 9.07 Å². The molecular formula is C23H30FN7. The highest BCUT2D eigenvalue weighted by Crippen LogP contribution is 2.22. The van der Waals surface area contributed by atoms with Crippen molar-refractivity contribution in [1.29, 1.82) is 5.26 Å². The summed E-state index contributed by atoms with van der Waals surface area (Å²) in [5, 5.41) is 20.6. The number of guanidine groups is 1. The number of aromatic nitrogens is 2. The van der Waals surface area contributed by atoms with Crippen LogP contribution < -0.4 is 16.4 Å². The van der Waals surface area contributed by atoms with Gasteiger partial charge in [-0.15, -0.1) is 0 Å². The molecule has 0 saturated carbocycles. The number of nitrogens with two attached hydrogens (primary N) is 1. The van der Waals surface area contributed by atoms with Crippen molar-refractivity contribution in [2.45, 2.75) is 44.9 Å². The van der Waals surface area contributed by atoms with Gasteiger partial charge in [0.25, 0.3) is 0 Å². The zero-order valence-electron chi connectivity index (χ0n) is 18.0. The molecule has 164 valence electrons. The summed E-state index contributed by atoms with van der Waals surface area (Å²) in [6.45, 7) is 1.55. The molecule has 0 unspecified atom stereocenters. The second-order valence-electron chi connectivity index (χ2n) is 7.59. The Labute approximate surface area is 182 Å². The number of nitriles is 1.